The summed E-state index contributed by atoms with van der Waals surface area (Å²) in [6.07, 6.45) is -0.693. The number of amides is 1. The van der Waals surface area contributed by atoms with E-state index in [0.29, 0.717) is 24.5 Å². The highest BCUT2D eigenvalue weighted by atomic mass is 32.2. The number of nitrogens with one attached hydrogen (secondary N) is 1. The number of hydrogen-bond donors (Lipinski definition) is 2. The van der Waals surface area contributed by atoms with Gasteiger partial charge in [-0.05, 0) is 24.6 Å². The molecule has 1 aliphatic rings. The normalized spacial score (nSPS) is 19.6. The van der Waals surface area contributed by atoms with Gasteiger partial charge in [-0.1, -0.05) is 6.07 Å². The Morgan fingerprint density at radius 3 is 2.75 bits per heavy atom. The molecule has 0 aliphatic carbocycles. The second-order valence-corrected chi connectivity index (χ2v) is 5.93. The first-order chi connectivity index (χ1) is 9.39. The van der Waals surface area contributed by atoms with Gasteiger partial charge in [0.25, 0.3) is 5.91 Å². The minimum atomic E-state index is -3.82. The minimum Gasteiger partial charge on any atom is -0.376 e. The number of carbonyl (C=O) groups is 1. The van der Waals surface area contributed by atoms with Gasteiger partial charge in [0.05, 0.1) is 24.7 Å². The molecule has 8 heteroatoms. The Morgan fingerprint density at radius 2 is 2.15 bits per heavy atom. The second-order valence-electron chi connectivity index (χ2n) is 4.40. The molecule has 1 saturated heterocycles. The number of rotatable bonds is 3. The monoisotopic (exact) mass is 300 g/mol. The fourth-order valence-electron chi connectivity index (χ4n) is 1.91. The number of ether oxygens (including phenoxy) is 2. The fourth-order valence-corrected chi connectivity index (χ4v) is 2.72. The Kier molecular flexibility index (Phi) is 4.39. The van der Waals surface area contributed by atoms with Crippen LogP contribution in [0.3, 0.4) is 0 Å². The maximum Gasteiger partial charge on any atom is 0.255 e. The lowest BCUT2D eigenvalue weighted by atomic mass is 10.2. The van der Waals surface area contributed by atoms with Crippen molar-refractivity contribution in [1.29, 1.82) is 0 Å². The van der Waals surface area contributed by atoms with Crippen molar-refractivity contribution >= 4 is 21.6 Å². The summed E-state index contributed by atoms with van der Waals surface area (Å²) in [5.74, 6) is -0.376. The first kappa shape index (κ1) is 14.9. The minimum absolute atomic E-state index is 0.0175. The van der Waals surface area contributed by atoms with E-state index in [2.05, 4.69) is 5.32 Å². The van der Waals surface area contributed by atoms with Crippen LogP contribution < -0.4 is 10.5 Å². The van der Waals surface area contributed by atoms with Crippen LogP contribution in [0.5, 0.6) is 0 Å². The van der Waals surface area contributed by atoms with E-state index in [1.54, 1.807) is 13.0 Å². The summed E-state index contributed by atoms with van der Waals surface area (Å²) in [5.41, 5.74) is 0.774. The molecule has 1 fully saturated rings. The molecule has 7 nitrogen and oxygen atoms in total. The predicted molar refractivity (Wildman–Crippen MR) is 71.7 cm³/mol. The van der Waals surface area contributed by atoms with E-state index in [1.807, 2.05) is 0 Å². The number of primary sulfonamides is 1. The van der Waals surface area contributed by atoms with Gasteiger partial charge < -0.3 is 14.8 Å². The molecule has 1 aromatic carbocycles. The van der Waals surface area contributed by atoms with Crippen molar-refractivity contribution in [3.8, 4) is 0 Å². The summed E-state index contributed by atoms with van der Waals surface area (Å²) in [4.78, 5) is 12.0. The van der Waals surface area contributed by atoms with Crippen LogP contribution in [0, 0.1) is 6.92 Å². The highest BCUT2D eigenvalue weighted by Gasteiger charge is 2.24. The Morgan fingerprint density at radius 1 is 1.40 bits per heavy atom. The van der Waals surface area contributed by atoms with Crippen LogP contribution in [-0.4, -0.2) is 40.2 Å². The quantitative estimate of drug-likeness (QED) is 0.816. The molecule has 1 aliphatic heterocycles. The average molecular weight is 300 g/mol. The average Bonchev–Trinajstić information content (AvgIpc) is 2.40. The maximum atomic E-state index is 12.0. The van der Waals surface area contributed by atoms with Gasteiger partial charge in [-0.15, -0.1) is 0 Å². The van der Waals surface area contributed by atoms with E-state index in [4.69, 9.17) is 14.6 Å². The zero-order valence-corrected chi connectivity index (χ0v) is 11.8. The summed E-state index contributed by atoms with van der Waals surface area (Å²) in [5, 5.41) is 7.74. The zero-order valence-electron chi connectivity index (χ0n) is 11.0. The third kappa shape index (κ3) is 3.34. The number of benzene rings is 1. The fraction of sp³-hybridized carbons (Fsp3) is 0.417. The molecule has 0 radical (unpaired) electrons. The first-order valence-electron chi connectivity index (χ1n) is 6.02. The Balaban J connectivity index is 2.19. The van der Waals surface area contributed by atoms with Gasteiger partial charge in [0.2, 0.25) is 10.0 Å². The Labute approximate surface area is 117 Å². The molecule has 1 aromatic rings. The molecule has 1 heterocycles. The van der Waals surface area contributed by atoms with E-state index in [9.17, 15) is 13.2 Å². The van der Waals surface area contributed by atoms with Crippen molar-refractivity contribution in [2.75, 3.05) is 25.1 Å². The topological polar surface area (TPSA) is 108 Å². The zero-order chi connectivity index (χ0) is 14.8. The van der Waals surface area contributed by atoms with Crippen molar-refractivity contribution in [1.82, 2.24) is 0 Å². The van der Waals surface area contributed by atoms with Crippen LogP contribution in [0.25, 0.3) is 0 Å². The van der Waals surface area contributed by atoms with E-state index < -0.39 is 16.1 Å². The van der Waals surface area contributed by atoms with E-state index in [1.165, 1.54) is 12.1 Å². The highest BCUT2D eigenvalue weighted by molar-refractivity contribution is 7.89. The number of hydrogen-bond acceptors (Lipinski definition) is 5. The lowest BCUT2D eigenvalue weighted by Crippen LogP contribution is -2.39. The van der Waals surface area contributed by atoms with Gasteiger partial charge in [0.1, 0.15) is 0 Å². The van der Waals surface area contributed by atoms with E-state index >= 15 is 0 Å². The molecule has 0 saturated carbocycles. The van der Waals surface area contributed by atoms with E-state index in [-0.39, 0.29) is 17.4 Å². The lowest BCUT2D eigenvalue weighted by molar-refractivity contribution is -0.142. The standard InChI is InChI=1S/C12H16N2O5S/c1-8-9(3-2-4-11(8)20(13,16)17)14-12(15)10-7-18-5-6-19-10/h2-4,10H,5-7H2,1H3,(H,14,15)(H2,13,16,17). The van der Waals surface area contributed by atoms with Crippen LogP contribution in [0.15, 0.2) is 23.1 Å². The summed E-state index contributed by atoms with van der Waals surface area (Å²) in [6, 6.07) is 4.51. The van der Waals surface area contributed by atoms with Crippen molar-refractivity contribution in [3.05, 3.63) is 23.8 Å². The number of anilines is 1. The molecule has 2 rings (SSSR count). The molecular weight excluding hydrogens is 284 g/mol. The van der Waals surface area contributed by atoms with Crippen LogP contribution in [-0.2, 0) is 24.3 Å². The lowest BCUT2D eigenvalue weighted by Gasteiger charge is -2.22. The van der Waals surface area contributed by atoms with Gasteiger partial charge in [-0.2, -0.15) is 0 Å². The first-order valence-corrected chi connectivity index (χ1v) is 7.57. The highest BCUT2D eigenvalue weighted by Crippen LogP contribution is 2.22. The maximum absolute atomic E-state index is 12.0. The van der Waals surface area contributed by atoms with Crippen molar-refractivity contribution in [2.45, 2.75) is 17.9 Å². The summed E-state index contributed by atoms with van der Waals surface area (Å²) in [7, 11) is -3.82. The third-order valence-corrected chi connectivity index (χ3v) is 4.01. The van der Waals surface area contributed by atoms with Crippen LogP contribution in [0.2, 0.25) is 0 Å². The van der Waals surface area contributed by atoms with Crippen molar-refractivity contribution in [2.24, 2.45) is 5.14 Å². The molecule has 0 aromatic heterocycles. The molecular formula is C12H16N2O5S. The molecule has 3 N–H and O–H groups in total. The van der Waals surface area contributed by atoms with Gasteiger partial charge in [0, 0.05) is 5.69 Å². The Hall–Kier alpha value is -1.48. The third-order valence-electron chi connectivity index (χ3n) is 2.96. The van der Waals surface area contributed by atoms with Crippen molar-refractivity contribution < 1.29 is 22.7 Å². The van der Waals surface area contributed by atoms with Crippen LogP contribution >= 0.6 is 0 Å². The van der Waals surface area contributed by atoms with Gasteiger partial charge in [0.15, 0.2) is 6.10 Å². The Bertz CT molecular complexity index is 608. The van der Waals surface area contributed by atoms with Gasteiger partial charge in [-0.3, -0.25) is 4.79 Å². The summed E-state index contributed by atoms with van der Waals surface area (Å²) < 4.78 is 33.2. The van der Waals surface area contributed by atoms with Gasteiger partial charge >= 0.3 is 0 Å². The van der Waals surface area contributed by atoms with Crippen LogP contribution in [0.1, 0.15) is 5.56 Å². The number of carbonyl (C=O) groups excluding carboxylic acids is 1. The molecule has 1 amide bonds. The van der Waals surface area contributed by atoms with Crippen molar-refractivity contribution in [3.63, 3.8) is 0 Å². The number of nitrogens with two attached hydrogens (primary N) is 1. The largest absolute Gasteiger partial charge is 0.376 e. The molecule has 1 unspecified atom stereocenters. The van der Waals surface area contributed by atoms with E-state index in [0.717, 1.165) is 0 Å². The smallest absolute Gasteiger partial charge is 0.255 e. The summed E-state index contributed by atoms with van der Waals surface area (Å²) >= 11 is 0. The molecule has 1 atom stereocenters. The van der Waals surface area contributed by atoms with Crippen LogP contribution in [0.4, 0.5) is 5.69 Å². The number of sulfonamides is 1. The van der Waals surface area contributed by atoms with Gasteiger partial charge in [-0.25, -0.2) is 13.6 Å². The molecule has 110 valence electrons. The summed E-state index contributed by atoms with van der Waals surface area (Å²) in [6.45, 7) is 2.57. The second kappa shape index (κ2) is 5.88. The molecule has 0 bridgehead atoms. The molecule has 20 heavy (non-hydrogen) atoms. The molecule has 0 spiro atoms. The SMILES string of the molecule is Cc1c(NC(=O)C2COCCO2)cccc1S(N)(=O)=O. The predicted octanol–water partition coefficient (Wildman–Crippen LogP) is -0.00368.